The zero-order valence-electron chi connectivity index (χ0n) is 9.85. The molecule has 0 saturated heterocycles. The van der Waals surface area contributed by atoms with Gasteiger partial charge in [-0.1, -0.05) is 32.9 Å². The van der Waals surface area contributed by atoms with Crippen molar-refractivity contribution < 1.29 is 8.78 Å². The first-order valence-electron chi connectivity index (χ1n) is 5.34. The molecule has 0 amide bonds. The van der Waals surface area contributed by atoms with Crippen LogP contribution >= 0.6 is 0 Å². The van der Waals surface area contributed by atoms with E-state index in [1.165, 1.54) is 6.07 Å². The summed E-state index contributed by atoms with van der Waals surface area (Å²) in [6, 6.07) is 3.74. The Bertz CT molecular complexity index is 364. The van der Waals surface area contributed by atoms with Crippen LogP contribution in [0.1, 0.15) is 38.8 Å². The van der Waals surface area contributed by atoms with Crippen molar-refractivity contribution in [3.63, 3.8) is 0 Å². The number of nitrogens with one attached hydrogen (secondary N) is 1. The molecule has 1 rings (SSSR count). The van der Waals surface area contributed by atoms with Crippen LogP contribution in [0.25, 0.3) is 0 Å². The van der Waals surface area contributed by atoms with E-state index in [1.54, 1.807) is 6.07 Å². The van der Waals surface area contributed by atoms with Crippen molar-refractivity contribution in [1.82, 2.24) is 5.43 Å². The molecule has 0 aliphatic carbocycles. The Morgan fingerprint density at radius 1 is 1.38 bits per heavy atom. The average molecular weight is 228 g/mol. The van der Waals surface area contributed by atoms with Gasteiger partial charge >= 0.3 is 0 Å². The average Bonchev–Trinajstić information content (AvgIpc) is 2.25. The summed E-state index contributed by atoms with van der Waals surface area (Å²) in [6.45, 7) is 5.91. The van der Waals surface area contributed by atoms with Gasteiger partial charge in [-0.05, 0) is 17.9 Å². The first-order valence-corrected chi connectivity index (χ1v) is 5.34. The van der Waals surface area contributed by atoms with Crippen LogP contribution in [0.2, 0.25) is 0 Å². The predicted octanol–water partition coefficient (Wildman–Crippen LogP) is 2.91. The summed E-state index contributed by atoms with van der Waals surface area (Å²) >= 11 is 0. The molecule has 0 heterocycles. The second-order valence-corrected chi connectivity index (χ2v) is 4.58. The van der Waals surface area contributed by atoms with Gasteiger partial charge < -0.3 is 0 Å². The first kappa shape index (κ1) is 13.1. The third kappa shape index (κ3) is 2.39. The van der Waals surface area contributed by atoms with Crippen molar-refractivity contribution in [2.24, 2.45) is 11.3 Å². The second kappa shape index (κ2) is 4.89. The molecule has 4 heteroatoms. The fraction of sp³-hybridized carbons (Fsp3) is 0.500. The maximum Gasteiger partial charge on any atom is 0.163 e. The minimum absolute atomic E-state index is 0.247. The lowest BCUT2D eigenvalue weighted by Crippen LogP contribution is -2.38. The van der Waals surface area contributed by atoms with Crippen molar-refractivity contribution in [2.45, 2.75) is 33.2 Å². The topological polar surface area (TPSA) is 38.0 Å². The first-order chi connectivity index (χ1) is 7.44. The minimum Gasteiger partial charge on any atom is -0.271 e. The third-order valence-electron chi connectivity index (χ3n) is 3.15. The predicted molar refractivity (Wildman–Crippen MR) is 60.5 cm³/mol. The molecule has 3 N–H and O–H groups in total. The molecule has 1 unspecified atom stereocenters. The van der Waals surface area contributed by atoms with Gasteiger partial charge in [-0.3, -0.25) is 11.3 Å². The number of hydrazine groups is 1. The molecule has 1 atom stereocenters. The molecular formula is C12H18F2N2. The minimum atomic E-state index is -0.843. The highest BCUT2D eigenvalue weighted by Gasteiger charge is 2.30. The molecule has 0 fully saturated rings. The van der Waals surface area contributed by atoms with Gasteiger partial charge in [0.15, 0.2) is 11.6 Å². The third-order valence-corrected chi connectivity index (χ3v) is 3.15. The van der Waals surface area contributed by atoms with Crippen LogP contribution in [-0.2, 0) is 0 Å². The molecule has 0 aliphatic heterocycles. The molecule has 0 spiro atoms. The Morgan fingerprint density at radius 3 is 2.50 bits per heavy atom. The monoisotopic (exact) mass is 228 g/mol. The van der Waals surface area contributed by atoms with Crippen LogP contribution < -0.4 is 11.3 Å². The molecule has 0 bridgehead atoms. The largest absolute Gasteiger partial charge is 0.271 e. The molecule has 1 aromatic rings. The standard InChI is InChI=1S/C12H18F2N2/c1-4-12(2,3)11(16-15)8-6-5-7-9(13)10(8)14/h5-7,11,16H,4,15H2,1-3H3. The van der Waals surface area contributed by atoms with E-state index in [9.17, 15) is 8.78 Å². The Morgan fingerprint density at radius 2 is 2.00 bits per heavy atom. The molecule has 90 valence electrons. The normalized spacial score (nSPS) is 13.9. The van der Waals surface area contributed by atoms with E-state index in [0.717, 1.165) is 12.5 Å². The zero-order valence-corrected chi connectivity index (χ0v) is 9.85. The Kier molecular flexibility index (Phi) is 3.99. The maximum absolute atomic E-state index is 13.6. The number of hydrogen-bond donors (Lipinski definition) is 2. The van der Waals surface area contributed by atoms with Crippen molar-refractivity contribution in [3.05, 3.63) is 35.4 Å². The van der Waals surface area contributed by atoms with E-state index < -0.39 is 17.7 Å². The Balaban J connectivity index is 3.19. The summed E-state index contributed by atoms with van der Waals surface area (Å²) in [5.74, 6) is 3.78. The summed E-state index contributed by atoms with van der Waals surface area (Å²) in [6.07, 6.45) is 0.803. The molecule has 16 heavy (non-hydrogen) atoms. The molecule has 0 saturated carbocycles. The number of nitrogens with two attached hydrogens (primary N) is 1. The van der Waals surface area contributed by atoms with E-state index in [-0.39, 0.29) is 11.0 Å². The van der Waals surface area contributed by atoms with Crippen LogP contribution in [0.15, 0.2) is 18.2 Å². The van der Waals surface area contributed by atoms with E-state index in [0.29, 0.717) is 0 Å². The van der Waals surface area contributed by atoms with Gasteiger partial charge in [0.05, 0.1) is 6.04 Å². The molecule has 0 radical (unpaired) electrons. The molecule has 2 nitrogen and oxygen atoms in total. The highest BCUT2D eigenvalue weighted by molar-refractivity contribution is 5.24. The highest BCUT2D eigenvalue weighted by atomic mass is 19.2. The summed E-state index contributed by atoms with van der Waals surface area (Å²) in [7, 11) is 0. The number of benzene rings is 1. The van der Waals surface area contributed by atoms with Crippen molar-refractivity contribution in [3.8, 4) is 0 Å². The lowest BCUT2D eigenvalue weighted by molar-refractivity contribution is 0.229. The summed E-state index contributed by atoms with van der Waals surface area (Å²) in [5.41, 5.74) is 2.60. The molecule has 0 aliphatic rings. The van der Waals surface area contributed by atoms with Gasteiger partial charge in [-0.2, -0.15) is 0 Å². The molecule has 1 aromatic carbocycles. The van der Waals surface area contributed by atoms with E-state index in [2.05, 4.69) is 5.43 Å². The smallest absolute Gasteiger partial charge is 0.163 e. The molecular weight excluding hydrogens is 210 g/mol. The highest BCUT2D eigenvalue weighted by Crippen LogP contribution is 2.36. The fourth-order valence-electron chi connectivity index (χ4n) is 1.68. The summed E-state index contributed by atoms with van der Waals surface area (Å²) < 4.78 is 26.8. The van der Waals surface area contributed by atoms with Crippen LogP contribution in [0, 0.1) is 17.0 Å². The zero-order chi connectivity index (χ0) is 12.3. The van der Waals surface area contributed by atoms with Gasteiger partial charge in [0.1, 0.15) is 0 Å². The van der Waals surface area contributed by atoms with Gasteiger partial charge in [0.2, 0.25) is 0 Å². The lowest BCUT2D eigenvalue weighted by Gasteiger charge is -2.33. The van der Waals surface area contributed by atoms with Crippen LogP contribution in [0.5, 0.6) is 0 Å². The van der Waals surface area contributed by atoms with E-state index in [1.807, 2.05) is 20.8 Å². The van der Waals surface area contributed by atoms with Crippen molar-refractivity contribution >= 4 is 0 Å². The second-order valence-electron chi connectivity index (χ2n) is 4.58. The quantitative estimate of drug-likeness (QED) is 0.614. The van der Waals surface area contributed by atoms with Crippen molar-refractivity contribution in [2.75, 3.05) is 0 Å². The summed E-state index contributed by atoms with van der Waals surface area (Å²) in [5, 5.41) is 0. The fourth-order valence-corrected chi connectivity index (χ4v) is 1.68. The maximum atomic E-state index is 13.6. The number of rotatable bonds is 4. The van der Waals surface area contributed by atoms with E-state index >= 15 is 0 Å². The van der Waals surface area contributed by atoms with Crippen LogP contribution in [0.4, 0.5) is 8.78 Å². The van der Waals surface area contributed by atoms with Gasteiger partial charge in [0, 0.05) is 5.56 Å². The van der Waals surface area contributed by atoms with Crippen LogP contribution in [0.3, 0.4) is 0 Å². The molecule has 0 aromatic heterocycles. The van der Waals surface area contributed by atoms with E-state index in [4.69, 9.17) is 5.84 Å². The SMILES string of the molecule is CCC(C)(C)C(NN)c1cccc(F)c1F. The van der Waals surface area contributed by atoms with Crippen molar-refractivity contribution in [1.29, 1.82) is 0 Å². The number of hydrogen-bond acceptors (Lipinski definition) is 2. The van der Waals surface area contributed by atoms with Gasteiger partial charge in [-0.25, -0.2) is 8.78 Å². The van der Waals surface area contributed by atoms with Gasteiger partial charge in [-0.15, -0.1) is 0 Å². The van der Waals surface area contributed by atoms with Crippen LogP contribution in [-0.4, -0.2) is 0 Å². The van der Waals surface area contributed by atoms with Gasteiger partial charge in [0.25, 0.3) is 0 Å². The summed E-state index contributed by atoms with van der Waals surface area (Å²) in [4.78, 5) is 0. The Labute approximate surface area is 94.8 Å². The number of halogens is 2. The Hall–Kier alpha value is -1.00. The lowest BCUT2D eigenvalue weighted by atomic mass is 9.78.